The van der Waals surface area contributed by atoms with Crippen LogP contribution in [0.15, 0.2) is 64.1 Å². The third kappa shape index (κ3) is 4.08. The highest BCUT2D eigenvalue weighted by atomic mass is 32.2. The molecule has 0 fully saturated rings. The molecule has 32 heavy (non-hydrogen) atoms. The number of hydrogen-bond acceptors (Lipinski definition) is 6. The van der Waals surface area contributed by atoms with Gasteiger partial charge in [-0.2, -0.15) is 0 Å². The van der Waals surface area contributed by atoms with Crippen LogP contribution in [0.5, 0.6) is 0 Å². The van der Waals surface area contributed by atoms with Gasteiger partial charge < -0.3 is 4.42 Å². The first-order chi connectivity index (χ1) is 15.2. The first kappa shape index (κ1) is 22.2. The van der Waals surface area contributed by atoms with Crippen LogP contribution in [0.1, 0.15) is 41.1 Å². The Labute approximate surface area is 191 Å². The van der Waals surface area contributed by atoms with Gasteiger partial charge in [0.25, 0.3) is 5.91 Å². The highest BCUT2D eigenvalue weighted by Gasteiger charge is 2.26. The number of nitrogens with zero attached hydrogens (tertiary/aromatic N) is 2. The molecule has 2 heterocycles. The Kier molecular flexibility index (Phi) is 5.92. The summed E-state index contributed by atoms with van der Waals surface area (Å²) in [5.41, 5.74) is 3.26. The Morgan fingerprint density at radius 1 is 1.09 bits per heavy atom. The van der Waals surface area contributed by atoms with Crippen LogP contribution in [0, 0.1) is 13.8 Å². The number of carbonyl (C=O) groups is 1. The van der Waals surface area contributed by atoms with Crippen molar-refractivity contribution in [1.29, 1.82) is 0 Å². The molecule has 0 saturated carbocycles. The lowest BCUT2D eigenvalue weighted by molar-refractivity contribution is 0.0983. The highest BCUT2D eigenvalue weighted by Crippen LogP contribution is 2.34. The summed E-state index contributed by atoms with van der Waals surface area (Å²) in [6.07, 6.45) is 1.56. The van der Waals surface area contributed by atoms with E-state index in [0.717, 1.165) is 21.3 Å². The van der Waals surface area contributed by atoms with Crippen molar-refractivity contribution in [2.45, 2.75) is 44.4 Å². The molecule has 0 bridgehead atoms. The summed E-state index contributed by atoms with van der Waals surface area (Å²) in [6, 6.07) is 13.8. The lowest BCUT2D eigenvalue weighted by Gasteiger charge is -2.19. The fourth-order valence-corrected chi connectivity index (χ4v) is 5.60. The average Bonchev–Trinajstić information content (AvgIpc) is 3.45. The van der Waals surface area contributed by atoms with Crippen molar-refractivity contribution in [3.05, 3.63) is 77.2 Å². The highest BCUT2D eigenvalue weighted by molar-refractivity contribution is 7.92. The molecule has 6 nitrogen and oxygen atoms in total. The SMILES string of the molecule is Cc1ccc(C)c2sc(N(Cc3ccco3)C(=O)c3cccc(S(=O)(=O)C(C)C)c3)nc12. The number of benzene rings is 2. The van der Waals surface area contributed by atoms with E-state index in [0.29, 0.717) is 10.9 Å². The van der Waals surface area contributed by atoms with Gasteiger partial charge in [-0.25, -0.2) is 13.4 Å². The lowest BCUT2D eigenvalue weighted by atomic mass is 10.1. The van der Waals surface area contributed by atoms with E-state index in [2.05, 4.69) is 0 Å². The topological polar surface area (TPSA) is 80.5 Å². The molecule has 2 aromatic carbocycles. The molecule has 0 radical (unpaired) electrons. The molecule has 4 rings (SSSR count). The number of thiazole rings is 1. The van der Waals surface area contributed by atoms with Crippen LogP contribution < -0.4 is 4.90 Å². The maximum atomic E-state index is 13.6. The van der Waals surface area contributed by atoms with Crippen molar-refractivity contribution < 1.29 is 17.6 Å². The van der Waals surface area contributed by atoms with Crippen LogP contribution in [0.25, 0.3) is 10.2 Å². The number of anilines is 1. The van der Waals surface area contributed by atoms with Gasteiger partial charge in [0, 0.05) is 5.56 Å². The summed E-state index contributed by atoms with van der Waals surface area (Å²) < 4.78 is 31.8. The van der Waals surface area contributed by atoms with Crippen molar-refractivity contribution >= 4 is 42.4 Å². The number of rotatable bonds is 6. The quantitative estimate of drug-likeness (QED) is 0.371. The van der Waals surface area contributed by atoms with E-state index in [1.165, 1.54) is 23.5 Å². The summed E-state index contributed by atoms with van der Waals surface area (Å²) in [7, 11) is -3.51. The van der Waals surface area contributed by atoms with E-state index in [1.807, 2.05) is 26.0 Å². The smallest absolute Gasteiger partial charge is 0.260 e. The number of aryl methyl sites for hydroxylation is 2. The summed E-state index contributed by atoms with van der Waals surface area (Å²) >= 11 is 1.44. The van der Waals surface area contributed by atoms with E-state index < -0.39 is 15.1 Å². The third-order valence-electron chi connectivity index (χ3n) is 5.33. The largest absolute Gasteiger partial charge is 0.467 e. The van der Waals surface area contributed by atoms with Crippen molar-refractivity contribution in [3.63, 3.8) is 0 Å². The molecule has 0 unspecified atom stereocenters. The number of amides is 1. The molecule has 166 valence electrons. The number of sulfone groups is 1. The van der Waals surface area contributed by atoms with Crippen molar-refractivity contribution in [2.24, 2.45) is 0 Å². The van der Waals surface area contributed by atoms with E-state index >= 15 is 0 Å². The summed E-state index contributed by atoms with van der Waals surface area (Å²) in [5.74, 6) is 0.272. The minimum Gasteiger partial charge on any atom is -0.467 e. The van der Waals surface area contributed by atoms with Gasteiger partial charge in [-0.05, 0) is 69.2 Å². The van der Waals surface area contributed by atoms with Crippen LogP contribution in [0.3, 0.4) is 0 Å². The van der Waals surface area contributed by atoms with E-state index in [-0.39, 0.29) is 22.9 Å². The fourth-order valence-electron chi connectivity index (χ4n) is 3.38. The second kappa shape index (κ2) is 8.52. The molecule has 2 aromatic heterocycles. The van der Waals surface area contributed by atoms with E-state index in [9.17, 15) is 13.2 Å². The number of carbonyl (C=O) groups excluding carboxylic acids is 1. The van der Waals surface area contributed by atoms with Crippen LogP contribution in [-0.4, -0.2) is 24.6 Å². The minimum atomic E-state index is -3.51. The Bertz CT molecular complexity index is 1350. The molecule has 0 saturated heterocycles. The molecule has 0 aliphatic heterocycles. The van der Waals surface area contributed by atoms with E-state index in [1.54, 1.807) is 49.3 Å². The molecular formula is C24H24N2O4S2. The zero-order chi connectivity index (χ0) is 23.0. The molecule has 0 spiro atoms. The van der Waals surface area contributed by atoms with Crippen molar-refractivity contribution in [2.75, 3.05) is 4.90 Å². The number of fused-ring (bicyclic) bond motifs is 1. The molecule has 0 aliphatic rings. The van der Waals surface area contributed by atoms with Gasteiger partial charge in [-0.1, -0.05) is 29.5 Å². The van der Waals surface area contributed by atoms with Crippen molar-refractivity contribution in [3.8, 4) is 0 Å². The summed E-state index contributed by atoms with van der Waals surface area (Å²) in [4.78, 5) is 20.1. The molecule has 8 heteroatoms. The first-order valence-electron chi connectivity index (χ1n) is 10.2. The monoisotopic (exact) mass is 468 g/mol. The van der Waals surface area contributed by atoms with Gasteiger partial charge in [-0.3, -0.25) is 9.69 Å². The zero-order valence-electron chi connectivity index (χ0n) is 18.3. The maximum absolute atomic E-state index is 13.6. The third-order valence-corrected chi connectivity index (χ3v) is 8.70. The molecule has 4 aromatic rings. The zero-order valence-corrected chi connectivity index (χ0v) is 20.0. The normalized spacial score (nSPS) is 11.9. The molecule has 0 atom stereocenters. The average molecular weight is 469 g/mol. The Morgan fingerprint density at radius 2 is 1.84 bits per heavy atom. The number of aromatic nitrogens is 1. The van der Waals surface area contributed by atoms with Crippen LogP contribution >= 0.6 is 11.3 Å². The summed E-state index contributed by atoms with van der Waals surface area (Å²) in [6.45, 7) is 7.44. The van der Waals surface area contributed by atoms with Crippen LogP contribution in [-0.2, 0) is 16.4 Å². The van der Waals surface area contributed by atoms with Crippen molar-refractivity contribution in [1.82, 2.24) is 4.98 Å². The molecule has 0 aliphatic carbocycles. The molecular weight excluding hydrogens is 444 g/mol. The van der Waals surface area contributed by atoms with Gasteiger partial charge >= 0.3 is 0 Å². The van der Waals surface area contributed by atoms with Gasteiger partial charge in [0.05, 0.1) is 33.2 Å². The minimum absolute atomic E-state index is 0.132. The lowest BCUT2D eigenvalue weighted by Crippen LogP contribution is -2.30. The van der Waals surface area contributed by atoms with Gasteiger partial charge in [0.15, 0.2) is 15.0 Å². The number of hydrogen-bond donors (Lipinski definition) is 0. The second-order valence-corrected chi connectivity index (χ2v) is 11.4. The summed E-state index contributed by atoms with van der Waals surface area (Å²) in [5, 5.41) is -0.0433. The van der Waals surface area contributed by atoms with Gasteiger partial charge in [0.1, 0.15) is 5.76 Å². The van der Waals surface area contributed by atoms with Gasteiger partial charge in [0.2, 0.25) is 0 Å². The Balaban J connectivity index is 1.81. The van der Waals surface area contributed by atoms with Crippen LogP contribution in [0.2, 0.25) is 0 Å². The first-order valence-corrected chi connectivity index (χ1v) is 12.6. The standard InChI is InChI=1S/C24H24N2O4S2/c1-15(2)32(28,29)20-9-5-7-18(13-20)23(27)26(14-19-8-6-12-30-19)24-25-21-16(3)10-11-17(4)22(21)31-24/h5-13,15H,14H2,1-4H3. The molecule has 1 amide bonds. The Hall–Kier alpha value is -2.97. The molecule has 0 N–H and O–H groups in total. The Morgan fingerprint density at radius 3 is 2.50 bits per heavy atom. The van der Waals surface area contributed by atoms with E-state index in [4.69, 9.17) is 9.40 Å². The predicted octanol–water partition coefficient (Wildman–Crippen LogP) is 5.54. The predicted molar refractivity (Wildman–Crippen MR) is 127 cm³/mol. The second-order valence-electron chi connectivity index (χ2n) is 7.97. The fraction of sp³-hybridized carbons (Fsp3) is 0.250. The number of furan rings is 1. The van der Waals surface area contributed by atoms with Gasteiger partial charge in [-0.15, -0.1) is 0 Å². The van der Waals surface area contributed by atoms with Crippen LogP contribution in [0.4, 0.5) is 5.13 Å². The maximum Gasteiger partial charge on any atom is 0.260 e.